The summed E-state index contributed by atoms with van der Waals surface area (Å²) in [6.07, 6.45) is 1.02. The Morgan fingerprint density at radius 3 is 2.50 bits per heavy atom. The van der Waals surface area contributed by atoms with Gasteiger partial charge in [-0.05, 0) is 24.1 Å². The molecule has 1 aromatic rings. The van der Waals surface area contributed by atoms with Crippen molar-refractivity contribution in [2.45, 2.75) is 32.2 Å². The molecule has 0 saturated carbocycles. The normalized spacial score (nSPS) is 11.7. The summed E-state index contributed by atoms with van der Waals surface area (Å²) in [6, 6.07) is 5.08. The number of benzene rings is 1. The van der Waals surface area contributed by atoms with Crippen molar-refractivity contribution in [2.75, 3.05) is 6.61 Å². The number of nitrogens with one attached hydrogen (secondary N) is 1. The molecule has 3 N–H and O–H groups in total. The van der Waals surface area contributed by atoms with Gasteiger partial charge in [-0.1, -0.05) is 25.5 Å². The molecular weight excluding hydrogens is 262 g/mol. The van der Waals surface area contributed by atoms with Crippen molar-refractivity contribution in [3.05, 3.63) is 29.8 Å². The van der Waals surface area contributed by atoms with Crippen molar-refractivity contribution in [1.82, 2.24) is 5.32 Å². The molecule has 1 atom stereocenters. The number of alkyl carbamates (subject to hydrolysis) is 1. The number of aliphatic carboxylic acids is 1. The third-order valence-electron chi connectivity index (χ3n) is 2.70. The second kappa shape index (κ2) is 8.04. The number of hydrogen-bond acceptors (Lipinski definition) is 4. The largest absolute Gasteiger partial charge is 0.508 e. The Morgan fingerprint density at radius 1 is 1.30 bits per heavy atom. The van der Waals surface area contributed by atoms with E-state index in [1.807, 2.05) is 6.92 Å². The quantitative estimate of drug-likeness (QED) is 0.663. The van der Waals surface area contributed by atoms with Gasteiger partial charge in [0.05, 0.1) is 6.61 Å². The standard InChI is InChI=1S/C14H19NO5/c1-2-3-8-20-14(19)15-12(13(17)18)9-10-4-6-11(16)7-5-10/h4-7,12,16H,2-3,8-9H2,1H3,(H,15,19)(H,17,18)/t12-/m1/s1. The van der Waals surface area contributed by atoms with Crippen LogP contribution in [-0.4, -0.2) is 34.9 Å². The zero-order valence-corrected chi connectivity index (χ0v) is 11.3. The van der Waals surface area contributed by atoms with Gasteiger partial charge in [0.2, 0.25) is 0 Å². The highest BCUT2D eigenvalue weighted by Crippen LogP contribution is 2.11. The van der Waals surface area contributed by atoms with Gasteiger partial charge in [-0.3, -0.25) is 0 Å². The third kappa shape index (κ3) is 5.60. The van der Waals surface area contributed by atoms with Gasteiger partial charge < -0.3 is 20.3 Å². The summed E-state index contributed by atoms with van der Waals surface area (Å²) in [7, 11) is 0. The van der Waals surface area contributed by atoms with E-state index in [4.69, 9.17) is 14.9 Å². The van der Waals surface area contributed by atoms with E-state index in [-0.39, 0.29) is 18.8 Å². The summed E-state index contributed by atoms with van der Waals surface area (Å²) in [5.41, 5.74) is 0.698. The van der Waals surface area contributed by atoms with Crippen molar-refractivity contribution < 1.29 is 24.5 Å². The number of phenols is 1. The second-order valence-corrected chi connectivity index (χ2v) is 4.40. The molecule has 0 aromatic heterocycles. The van der Waals surface area contributed by atoms with Crippen LogP contribution in [0.25, 0.3) is 0 Å². The number of ether oxygens (including phenoxy) is 1. The first-order chi connectivity index (χ1) is 9.52. The van der Waals surface area contributed by atoms with Crippen LogP contribution in [0.2, 0.25) is 0 Å². The van der Waals surface area contributed by atoms with Crippen molar-refractivity contribution in [3.63, 3.8) is 0 Å². The second-order valence-electron chi connectivity index (χ2n) is 4.40. The van der Waals surface area contributed by atoms with Crippen LogP contribution in [0.3, 0.4) is 0 Å². The number of carboxylic acids is 1. The van der Waals surface area contributed by atoms with Gasteiger partial charge in [-0.25, -0.2) is 9.59 Å². The van der Waals surface area contributed by atoms with E-state index in [1.165, 1.54) is 12.1 Å². The lowest BCUT2D eigenvalue weighted by Gasteiger charge is -2.14. The summed E-state index contributed by atoms with van der Waals surface area (Å²) in [6.45, 7) is 2.24. The van der Waals surface area contributed by atoms with Crippen molar-refractivity contribution >= 4 is 12.1 Å². The number of phenolic OH excluding ortho intramolecular Hbond substituents is 1. The van der Waals surface area contributed by atoms with Crippen LogP contribution < -0.4 is 5.32 Å². The Kier molecular flexibility index (Phi) is 6.36. The molecule has 110 valence electrons. The van der Waals surface area contributed by atoms with E-state index in [2.05, 4.69) is 5.32 Å². The maximum absolute atomic E-state index is 11.4. The highest BCUT2D eigenvalue weighted by molar-refractivity contribution is 5.80. The molecule has 0 radical (unpaired) electrons. The minimum atomic E-state index is -1.13. The van der Waals surface area contributed by atoms with Crippen molar-refractivity contribution in [1.29, 1.82) is 0 Å². The average molecular weight is 281 g/mol. The molecule has 0 unspecified atom stereocenters. The average Bonchev–Trinajstić information content (AvgIpc) is 2.40. The lowest BCUT2D eigenvalue weighted by Crippen LogP contribution is -2.42. The Labute approximate surface area is 117 Å². The number of rotatable bonds is 7. The van der Waals surface area contributed by atoms with Gasteiger partial charge in [0.15, 0.2) is 0 Å². The summed E-state index contributed by atoms with van der Waals surface area (Å²) < 4.78 is 4.87. The fourth-order valence-corrected chi connectivity index (χ4v) is 1.56. The van der Waals surface area contributed by atoms with Gasteiger partial charge in [-0.15, -0.1) is 0 Å². The molecule has 0 aliphatic carbocycles. The zero-order chi connectivity index (χ0) is 15.0. The zero-order valence-electron chi connectivity index (χ0n) is 11.3. The summed E-state index contributed by atoms with van der Waals surface area (Å²) in [5, 5.41) is 20.6. The molecule has 1 rings (SSSR count). The molecule has 0 fully saturated rings. The Hall–Kier alpha value is -2.24. The monoisotopic (exact) mass is 281 g/mol. The van der Waals surface area contributed by atoms with E-state index >= 15 is 0 Å². The predicted molar refractivity (Wildman–Crippen MR) is 72.6 cm³/mol. The van der Waals surface area contributed by atoms with Crippen molar-refractivity contribution in [2.24, 2.45) is 0 Å². The van der Waals surface area contributed by atoms with Crippen LogP contribution in [0.4, 0.5) is 4.79 Å². The predicted octanol–water partition coefficient (Wildman–Crippen LogP) is 1.91. The molecule has 0 aliphatic rings. The first kappa shape index (κ1) is 15.8. The first-order valence-corrected chi connectivity index (χ1v) is 6.47. The van der Waals surface area contributed by atoms with Crippen LogP contribution in [0, 0.1) is 0 Å². The SMILES string of the molecule is CCCCOC(=O)N[C@H](Cc1ccc(O)cc1)C(=O)O. The number of carboxylic acid groups (broad SMARTS) is 1. The molecule has 0 spiro atoms. The molecule has 1 amide bonds. The summed E-state index contributed by atoms with van der Waals surface area (Å²) in [4.78, 5) is 22.6. The minimum absolute atomic E-state index is 0.104. The van der Waals surface area contributed by atoms with Crippen LogP contribution in [0.15, 0.2) is 24.3 Å². The van der Waals surface area contributed by atoms with Gasteiger partial charge in [0, 0.05) is 6.42 Å². The number of unbranched alkanes of at least 4 members (excludes halogenated alkanes) is 1. The first-order valence-electron chi connectivity index (χ1n) is 6.47. The van der Waals surface area contributed by atoms with E-state index in [0.717, 1.165) is 12.8 Å². The number of amides is 1. The molecule has 0 aliphatic heterocycles. The van der Waals surface area contributed by atoms with Gasteiger partial charge in [0.25, 0.3) is 0 Å². The number of aromatic hydroxyl groups is 1. The van der Waals surface area contributed by atoms with Gasteiger partial charge in [-0.2, -0.15) is 0 Å². The molecule has 6 heteroatoms. The van der Waals surface area contributed by atoms with Crippen LogP contribution in [0.1, 0.15) is 25.3 Å². The lowest BCUT2D eigenvalue weighted by atomic mass is 10.1. The fraction of sp³-hybridized carbons (Fsp3) is 0.429. The molecular formula is C14H19NO5. The minimum Gasteiger partial charge on any atom is -0.508 e. The fourth-order valence-electron chi connectivity index (χ4n) is 1.56. The highest BCUT2D eigenvalue weighted by atomic mass is 16.5. The van der Waals surface area contributed by atoms with Crippen LogP contribution >= 0.6 is 0 Å². The Morgan fingerprint density at radius 2 is 1.95 bits per heavy atom. The molecule has 1 aromatic carbocycles. The van der Waals surface area contributed by atoms with Gasteiger partial charge >= 0.3 is 12.1 Å². The molecule has 0 bridgehead atoms. The van der Waals surface area contributed by atoms with Gasteiger partial charge in [0.1, 0.15) is 11.8 Å². The van der Waals surface area contributed by atoms with E-state index < -0.39 is 18.1 Å². The number of carbonyl (C=O) groups is 2. The lowest BCUT2D eigenvalue weighted by molar-refractivity contribution is -0.139. The number of carbonyl (C=O) groups excluding carboxylic acids is 1. The van der Waals surface area contributed by atoms with E-state index in [9.17, 15) is 9.59 Å². The van der Waals surface area contributed by atoms with E-state index in [0.29, 0.717) is 5.56 Å². The van der Waals surface area contributed by atoms with Crippen molar-refractivity contribution in [3.8, 4) is 5.75 Å². The third-order valence-corrected chi connectivity index (χ3v) is 2.70. The Balaban J connectivity index is 2.54. The molecule has 0 saturated heterocycles. The van der Waals surface area contributed by atoms with E-state index in [1.54, 1.807) is 12.1 Å². The summed E-state index contributed by atoms with van der Waals surface area (Å²) in [5.74, 6) is -1.03. The molecule has 20 heavy (non-hydrogen) atoms. The molecule has 6 nitrogen and oxygen atoms in total. The smallest absolute Gasteiger partial charge is 0.407 e. The van der Waals surface area contributed by atoms with Crippen LogP contribution in [0.5, 0.6) is 5.75 Å². The molecule has 0 heterocycles. The van der Waals surface area contributed by atoms with Crippen LogP contribution in [-0.2, 0) is 16.0 Å². The maximum atomic E-state index is 11.4. The number of hydrogen-bond donors (Lipinski definition) is 3. The topological polar surface area (TPSA) is 95.9 Å². The Bertz CT molecular complexity index is 443. The maximum Gasteiger partial charge on any atom is 0.407 e. The highest BCUT2D eigenvalue weighted by Gasteiger charge is 2.21. The summed E-state index contributed by atoms with van der Waals surface area (Å²) >= 11 is 0.